The lowest BCUT2D eigenvalue weighted by molar-refractivity contribution is -0.385. The van der Waals surface area contributed by atoms with Gasteiger partial charge >= 0.3 is 0 Å². The van der Waals surface area contributed by atoms with Crippen LogP contribution in [0.15, 0.2) is 18.2 Å². The Labute approximate surface area is 94.0 Å². The molecule has 1 aromatic carbocycles. The molecule has 0 bridgehead atoms. The normalized spacial score (nSPS) is 14.5. The fraction of sp³-hybridized carbons (Fsp3) is 0.455. The zero-order valence-corrected chi connectivity index (χ0v) is 9.43. The van der Waals surface area contributed by atoms with Crippen molar-refractivity contribution in [2.24, 2.45) is 5.73 Å². The van der Waals surface area contributed by atoms with Gasteiger partial charge in [0.25, 0.3) is 5.69 Å². The molecule has 0 saturated carbocycles. The van der Waals surface area contributed by atoms with Crippen molar-refractivity contribution >= 4 is 5.69 Å². The highest BCUT2D eigenvalue weighted by Gasteiger charge is 2.24. The molecule has 5 nitrogen and oxygen atoms in total. The molecule has 16 heavy (non-hydrogen) atoms. The van der Waals surface area contributed by atoms with Crippen LogP contribution in [0.2, 0.25) is 0 Å². The van der Waals surface area contributed by atoms with Crippen molar-refractivity contribution in [3.63, 3.8) is 0 Å². The number of aliphatic hydroxyl groups excluding tert-OH is 1. The number of aliphatic hydroxyl groups is 1. The number of benzene rings is 1. The van der Waals surface area contributed by atoms with Gasteiger partial charge < -0.3 is 10.8 Å². The standard InChI is InChI=1S/C11H16N2O3/c1-8-4-3-5-10(13(15)16)9(8)6-11(2,12)7-14/h3-5,14H,6-7,12H2,1-2H3. The maximum atomic E-state index is 10.9. The number of nitrogens with zero attached hydrogens (tertiary/aromatic N) is 1. The van der Waals surface area contributed by atoms with E-state index in [2.05, 4.69) is 0 Å². The molecular weight excluding hydrogens is 208 g/mol. The number of hydrogen-bond acceptors (Lipinski definition) is 4. The van der Waals surface area contributed by atoms with Gasteiger partial charge in [0.15, 0.2) is 0 Å². The molecule has 1 rings (SSSR count). The molecular formula is C11H16N2O3. The lowest BCUT2D eigenvalue weighted by Crippen LogP contribution is -2.42. The number of hydrogen-bond donors (Lipinski definition) is 2. The van der Waals surface area contributed by atoms with E-state index >= 15 is 0 Å². The van der Waals surface area contributed by atoms with Crippen molar-refractivity contribution in [1.82, 2.24) is 0 Å². The molecule has 3 N–H and O–H groups in total. The number of nitro benzene ring substituents is 1. The van der Waals surface area contributed by atoms with Crippen molar-refractivity contribution in [3.8, 4) is 0 Å². The lowest BCUT2D eigenvalue weighted by Gasteiger charge is -2.22. The minimum Gasteiger partial charge on any atom is -0.394 e. The highest BCUT2D eigenvalue weighted by Crippen LogP contribution is 2.25. The van der Waals surface area contributed by atoms with Gasteiger partial charge in [0.2, 0.25) is 0 Å². The Morgan fingerprint density at radius 2 is 2.19 bits per heavy atom. The van der Waals surface area contributed by atoms with E-state index in [1.807, 2.05) is 0 Å². The van der Waals surface area contributed by atoms with Crippen LogP contribution in [0.1, 0.15) is 18.1 Å². The Hall–Kier alpha value is -1.46. The van der Waals surface area contributed by atoms with Gasteiger partial charge in [-0.3, -0.25) is 10.1 Å². The fourth-order valence-corrected chi connectivity index (χ4v) is 1.55. The Morgan fingerprint density at radius 1 is 1.56 bits per heavy atom. The summed E-state index contributed by atoms with van der Waals surface area (Å²) in [6.07, 6.45) is 0.284. The van der Waals surface area contributed by atoms with E-state index in [4.69, 9.17) is 10.8 Å². The van der Waals surface area contributed by atoms with E-state index in [1.54, 1.807) is 26.0 Å². The Bertz CT molecular complexity index is 402. The smallest absolute Gasteiger partial charge is 0.272 e. The molecule has 0 amide bonds. The molecule has 0 aliphatic rings. The zero-order chi connectivity index (χ0) is 12.3. The molecule has 0 radical (unpaired) electrons. The van der Waals surface area contributed by atoms with Gasteiger partial charge in [0, 0.05) is 17.2 Å². The topological polar surface area (TPSA) is 89.4 Å². The van der Waals surface area contributed by atoms with Crippen LogP contribution < -0.4 is 5.73 Å². The first-order valence-corrected chi connectivity index (χ1v) is 5.00. The van der Waals surface area contributed by atoms with Gasteiger partial charge in [-0.15, -0.1) is 0 Å². The van der Waals surface area contributed by atoms with Crippen LogP contribution in [-0.2, 0) is 6.42 Å². The molecule has 0 spiro atoms. The number of nitro groups is 1. The third-order valence-corrected chi connectivity index (χ3v) is 2.52. The van der Waals surface area contributed by atoms with Crippen molar-refractivity contribution in [3.05, 3.63) is 39.4 Å². The number of aryl methyl sites for hydroxylation is 1. The van der Waals surface area contributed by atoms with Crippen LogP contribution in [0, 0.1) is 17.0 Å². The SMILES string of the molecule is Cc1cccc([N+](=O)[O-])c1CC(C)(N)CO. The molecule has 0 saturated heterocycles. The van der Waals surface area contributed by atoms with Gasteiger partial charge in [-0.05, 0) is 25.8 Å². The van der Waals surface area contributed by atoms with Crippen LogP contribution in [0.5, 0.6) is 0 Å². The van der Waals surface area contributed by atoms with E-state index in [-0.39, 0.29) is 18.7 Å². The molecule has 0 aliphatic heterocycles. The monoisotopic (exact) mass is 224 g/mol. The van der Waals surface area contributed by atoms with Crippen LogP contribution in [-0.4, -0.2) is 22.2 Å². The summed E-state index contributed by atoms with van der Waals surface area (Å²) in [7, 11) is 0. The van der Waals surface area contributed by atoms with Crippen molar-refractivity contribution in [2.45, 2.75) is 25.8 Å². The van der Waals surface area contributed by atoms with Crippen molar-refractivity contribution < 1.29 is 10.0 Å². The van der Waals surface area contributed by atoms with E-state index in [9.17, 15) is 10.1 Å². The van der Waals surface area contributed by atoms with Gasteiger partial charge in [0.1, 0.15) is 0 Å². The summed E-state index contributed by atoms with van der Waals surface area (Å²) in [6, 6.07) is 4.90. The average molecular weight is 224 g/mol. The summed E-state index contributed by atoms with van der Waals surface area (Å²) in [5, 5.41) is 19.9. The highest BCUT2D eigenvalue weighted by atomic mass is 16.6. The van der Waals surface area contributed by atoms with Crippen molar-refractivity contribution in [1.29, 1.82) is 0 Å². The highest BCUT2D eigenvalue weighted by molar-refractivity contribution is 5.45. The molecule has 0 aromatic heterocycles. The second-order valence-corrected chi connectivity index (χ2v) is 4.32. The Morgan fingerprint density at radius 3 is 2.69 bits per heavy atom. The predicted octanol–water partition coefficient (Wildman–Crippen LogP) is 1.16. The summed E-state index contributed by atoms with van der Waals surface area (Å²) >= 11 is 0. The maximum Gasteiger partial charge on any atom is 0.272 e. The quantitative estimate of drug-likeness (QED) is 0.593. The predicted molar refractivity (Wildman–Crippen MR) is 61.2 cm³/mol. The average Bonchev–Trinajstić information content (AvgIpc) is 2.20. The minimum absolute atomic E-state index is 0.0603. The minimum atomic E-state index is -0.836. The van der Waals surface area contributed by atoms with Crippen LogP contribution in [0.4, 0.5) is 5.69 Å². The molecule has 1 unspecified atom stereocenters. The summed E-state index contributed by atoms with van der Waals surface area (Å²) < 4.78 is 0. The van der Waals surface area contributed by atoms with Gasteiger partial charge in [-0.2, -0.15) is 0 Å². The summed E-state index contributed by atoms with van der Waals surface area (Å²) in [6.45, 7) is 3.26. The second kappa shape index (κ2) is 4.59. The first-order valence-electron chi connectivity index (χ1n) is 5.00. The van der Waals surface area contributed by atoms with Gasteiger partial charge in [-0.1, -0.05) is 12.1 Å². The number of nitrogens with two attached hydrogens (primary N) is 1. The Balaban J connectivity index is 3.16. The van der Waals surface area contributed by atoms with E-state index in [0.717, 1.165) is 5.56 Å². The van der Waals surface area contributed by atoms with Gasteiger partial charge in [-0.25, -0.2) is 0 Å². The lowest BCUT2D eigenvalue weighted by atomic mass is 9.91. The first kappa shape index (κ1) is 12.6. The number of rotatable bonds is 4. The third kappa shape index (κ3) is 2.77. The Kier molecular flexibility index (Phi) is 3.62. The van der Waals surface area contributed by atoms with Gasteiger partial charge in [0.05, 0.1) is 11.5 Å². The van der Waals surface area contributed by atoms with E-state index in [0.29, 0.717) is 5.56 Å². The molecule has 5 heteroatoms. The summed E-state index contributed by atoms with van der Waals surface area (Å²) in [5.74, 6) is 0. The van der Waals surface area contributed by atoms with Crippen LogP contribution in [0.3, 0.4) is 0 Å². The molecule has 0 heterocycles. The maximum absolute atomic E-state index is 10.9. The largest absolute Gasteiger partial charge is 0.394 e. The zero-order valence-electron chi connectivity index (χ0n) is 9.43. The van der Waals surface area contributed by atoms with E-state index in [1.165, 1.54) is 6.07 Å². The molecule has 0 fully saturated rings. The first-order chi connectivity index (χ1) is 7.37. The molecule has 88 valence electrons. The molecule has 1 atom stereocenters. The summed E-state index contributed by atoms with van der Waals surface area (Å²) in [4.78, 5) is 10.4. The van der Waals surface area contributed by atoms with Crippen LogP contribution in [0.25, 0.3) is 0 Å². The molecule has 1 aromatic rings. The summed E-state index contributed by atoms with van der Waals surface area (Å²) in [5.41, 5.74) is 6.45. The second-order valence-electron chi connectivity index (χ2n) is 4.32. The fourth-order valence-electron chi connectivity index (χ4n) is 1.55. The van der Waals surface area contributed by atoms with Crippen molar-refractivity contribution in [2.75, 3.05) is 6.61 Å². The third-order valence-electron chi connectivity index (χ3n) is 2.52. The molecule has 0 aliphatic carbocycles. The van der Waals surface area contributed by atoms with Crippen LogP contribution >= 0.6 is 0 Å². The van der Waals surface area contributed by atoms with E-state index < -0.39 is 10.5 Å².